The lowest BCUT2D eigenvalue weighted by Gasteiger charge is -2.28. The number of benzene rings is 1. The second-order valence-corrected chi connectivity index (χ2v) is 4.45. The third kappa shape index (κ3) is 2.50. The molecule has 1 fully saturated rings. The first-order valence-corrected chi connectivity index (χ1v) is 5.78. The molecule has 0 heterocycles. The molecule has 96 valence electrons. The zero-order chi connectivity index (χ0) is 13.3. The number of nitrogens with zero attached hydrogens (tertiary/aromatic N) is 1. The normalized spacial score (nSPS) is 16.1. The van der Waals surface area contributed by atoms with Crippen molar-refractivity contribution in [3.63, 3.8) is 0 Å². The minimum Gasteiger partial charge on any atom is -0.479 e. The summed E-state index contributed by atoms with van der Waals surface area (Å²) in [5.74, 6) is -1.79. The van der Waals surface area contributed by atoms with Crippen molar-refractivity contribution in [1.82, 2.24) is 4.90 Å². The molecule has 1 amide bonds. The van der Waals surface area contributed by atoms with Gasteiger partial charge in [0.15, 0.2) is 6.04 Å². The predicted molar refractivity (Wildman–Crippen MR) is 62.3 cm³/mol. The van der Waals surface area contributed by atoms with Crippen LogP contribution in [0.2, 0.25) is 0 Å². The Morgan fingerprint density at radius 2 is 1.89 bits per heavy atom. The monoisotopic (exact) mass is 251 g/mol. The number of carbonyl (C=O) groups is 2. The lowest BCUT2D eigenvalue weighted by molar-refractivity contribution is -0.150. The summed E-state index contributed by atoms with van der Waals surface area (Å²) in [5.41, 5.74) is 0.422. The Morgan fingerprint density at radius 1 is 1.33 bits per heavy atom. The van der Waals surface area contributed by atoms with E-state index in [1.807, 2.05) is 0 Å². The first kappa shape index (κ1) is 12.5. The molecule has 0 saturated heterocycles. The number of rotatable bonds is 4. The van der Waals surface area contributed by atoms with Crippen molar-refractivity contribution in [3.05, 3.63) is 35.6 Å². The molecule has 18 heavy (non-hydrogen) atoms. The van der Waals surface area contributed by atoms with Crippen molar-refractivity contribution in [2.24, 2.45) is 0 Å². The maximum atomic E-state index is 12.9. The maximum Gasteiger partial charge on any atom is 0.331 e. The van der Waals surface area contributed by atoms with Gasteiger partial charge in [-0.25, -0.2) is 9.18 Å². The fourth-order valence-corrected chi connectivity index (χ4v) is 2.07. The van der Waals surface area contributed by atoms with Crippen LogP contribution in [0.1, 0.15) is 31.4 Å². The van der Waals surface area contributed by atoms with E-state index in [0.717, 1.165) is 12.8 Å². The van der Waals surface area contributed by atoms with Gasteiger partial charge in [-0.3, -0.25) is 4.79 Å². The van der Waals surface area contributed by atoms with Gasteiger partial charge < -0.3 is 10.0 Å². The Morgan fingerprint density at radius 3 is 2.28 bits per heavy atom. The maximum absolute atomic E-state index is 12.9. The van der Waals surface area contributed by atoms with Gasteiger partial charge in [0.1, 0.15) is 5.82 Å². The van der Waals surface area contributed by atoms with E-state index < -0.39 is 17.8 Å². The van der Waals surface area contributed by atoms with Crippen LogP contribution in [0.15, 0.2) is 24.3 Å². The van der Waals surface area contributed by atoms with Crippen LogP contribution in [0, 0.1) is 5.82 Å². The van der Waals surface area contributed by atoms with E-state index in [2.05, 4.69) is 0 Å². The van der Waals surface area contributed by atoms with Gasteiger partial charge in [-0.1, -0.05) is 12.1 Å². The van der Waals surface area contributed by atoms with Crippen molar-refractivity contribution in [3.8, 4) is 0 Å². The zero-order valence-electron chi connectivity index (χ0n) is 9.97. The first-order chi connectivity index (χ1) is 8.50. The Bertz CT molecular complexity index is 468. The summed E-state index contributed by atoms with van der Waals surface area (Å²) >= 11 is 0. The fraction of sp³-hybridized carbons (Fsp3) is 0.385. The standard InChI is InChI=1S/C13H14FNO3/c1-8(16)15(11-6-7-11)12(13(17)18)9-2-4-10(14)5-3-9/h2-5,11-12H,6-7H2,1H3,(H,17,18). The van der Waals surface area contributed by atoms with Crippen LogP contribution in [-0.2, 0) is 9.59 Å². The quantitative estimate of drug-likeness (QED) is 0.890. The molecule has 1 N–H and O–H groups in total. The highest BCUT2D eigenvalue weighted by atomic mass is 19.1. The van der Waals surface area contributed by atoms with E-state index in [1.54, 1.807) is 0 Å². The first-order valence-electron chi connectivity index (χ1n) is 5.78. The smallest absolute Gasteiger partial charge is 0.331 e. The SMILES string of the molecule is CC(=O)N(C1CC1)C(C(=O)O)c1ccc(F)cc1. The molecule has 0 radical (unpaired) electrons. The highest BCUT2D eigenvalue weighted by Gasteiger charge is 2.39. The number of carboxylic acids is 1. The lowest BCUT2D eigenvalue weighted by atomic mass is 10.0. The summed E-state index contributed by atoms with van der Waals surface area (Å²) in [4.78, 5) is 24.3. The van der Waals surface area contributed by atoms with Gasteiger partial charge in [-0.2, -0.15) is 0 Å². The van der Waals surface area contributed by atoms with Gasteiger partial charge in [-0.05, 0) is 30.5 Å². The molecule has 2 rings (SSSR count). The van der Waals surface area contributed by atoms with Gasteiger partial charge in [-0.15, -0.1) is 0 Å². The third-order valence-electron chi connectivity index (χ3n) is 3.00. The molecule has 1 saturated carbocycles. The van der Waals surface area contributed by atoms with Gasteiger partial charge in [0, 0.05) is 13.0 Å². The van der Waals surface area contributed by atoms with E-state index in [0.29, 0.717) is 5.56 Å². The number of amides is 1. The van der Waals surface area contributed by atoms with Crippen molar-refractivity contribution >= 4 is 11.9 Å². The van der Waals surface area contributed by atoms with Gasteiger partial charge >= 0.3 is 5.97 Å². The van der Waals surface area contributed by atoms with Gasteiger partial charge in [0.05, 0.1) is 0 Å². The second kappa shape index (κ2) is 4.76. The Hall–Kier alpha value is -1.91. The van der Waals surface area contributed by atoms with Crippen molar-refractivity contribution < 1.29 is 19.1 Å². The minimum atomic E-state index is -1.09. The molecular weight excluding hydrogens is 237 g/mol. The number of hydrogen-bond acceptors (Lipinski definition) is 2. The zero-order valence-corrected chi connectivity index (χ0v) is 9.97. The van der Waals surface area contributed by atoms with Crippen LogP contribution >= 0.6 is 0 Å². The summed E-state index contributed by atoms with van der Waals surface area (Å²) < 4.78 is 12.9. The molecule has 4 nitrogen and oxygen atoms in total. The molecule has 0 aromatic heterocycles. The van der Waals surface area contributed by atoms with Crippen LogP contribution in [0.5, 0.6) is 0 Å². The number of halogens is 1. The van der Waals surface area contributed by atoms with Crippen molar-refractivity contribution in [2.45, 2.75) is 31.8 Å². The van der Waals surface area contributed by atoms with Gasteiger partial charge in [0.2, 0.25) is 5.91 Å². The Kier molecular flexibility index (Phi) is 3.32. The predicted octanol–water partition coefficient (Wildman–Crippen LogP) is 1.96. The van der Waals surface area contributed by atoms with Crippen LogP contribution in [0.25, 0.3) is 0 Å². The molecule has 0 aliphatic heterocycles. The number of carbonyl (C=O) groups excluding carboxylic acids is 1. The highest BCUT2D eigenvalue weighted by Crippen LogP contribution is 2.34. The molecule has 1 atom stereocenters. The van der Waals surface area contributed by atoms with Crippen LogP contribution in [-0.4, -0.2) is 27.9 Å². The Labute approximate surface area is 104 Å². The fourth-order valence-electron chi connectivity index (χ4n) is 2.07. The van der Waals surface area contributed by atoms with Crippen LogP contribution < -0.4 is 0 Å². The molecule has 0 spiro atoms. The summed E-state index contributed by atoms with van der Waals surface area (Å²) in [6.45, 7) is 1.36. The number of hydrogen-bond donors (Lipinski definition) is 1. The van der Waals surface area contributed by atoms with Crippen LogP contribution in [0.3, 0.4) is 0 Å². The molecular formula is C13H14FNO3. The molecule has 5 heteroatoms. The largest absolute Gasteiger partial charge is 0.479 e. The molecule has 1 aromatic carbocycles. The lowest BCUT2D eigenvalue weighted by Crippen LogP contribution is -2.39. The van der Waals surface area contributed by atoms with E-state index in [-0.39, 0.29) is 11.9 Å². The van der Waals surface area contributed by atoms with Crippen LogP contribution in [0.4, 0.5) is 4.39 Å². The molecule has 1 aromatic rings. The van der Waals surface area contributed by atoms with E-state index in [4.69, 9.17) is 0 Å². The summed E-state index contributed by atoms with van der Waals surface area (Å²) in [7, 11) is 0. The van der Waals surface area contributed by atoms with Gasteiger partial charge in [0.25, 0.3) is 0 Å². The molecule has 1 unspecified atom stereocenters. The van der Waals surface area contributed by atoms with Crippen molar-refractivity contribution in [1.29, 1.82) is 0 Å². The number of carboxylic acid groups (broad SMARTS) is 1. The Balaban J connectivity index is 2.35. The minimum absolute atomic E-state index is 0.00588. The summed E-state index contributed by atoms with van der Waals surface area (Å²) in [6, 6.07) is 4.19. The topological polar surface area (TPSA) is 57.6 Å². The summed E-state index contributed by atoms with van der Waals surface area (Å²) in [6.07, 6.45) is 1.65. The van der Waals surface area contributed by atoms with E-state index in [1.165, 1.54) is 36.1 Å². The molecule has 1 aliphatic rings. The van der Waals surface area contributed by atoms with E-state index in [9.17, 15) is 19.1 Å². The highest BCUT2D eigenvalue weighted by molar-refractivity contribution is 5.84. The van der Waals surface area contributed by atoms with Crippen molar-refractivity contribution in [2.75, 3.05) is 0 Å². The van der Waals surface area contributed by atoms with E-state index >= 15 is 0 Å². The summed E-state index contributed by atoms with van der Waals surface area (Å²) in [5, 5.41) is 9.30. The third-order valence-corrected chi connectivity index (χ3v) is 3.00. The second-order valence-electron chi connectivity index (χ2n) is 4.45. The average Bonchev–Trinajstić information content (AvgIpc) is 3.10. The molecule has 0 bridgehead atoms. The average molecular weight is 251 g/mol. The molecule has 1 aliphatic carbocycles. The number of aliphatic carboxylic acids is 1.